The van der Waals surface area contributed by atoms with Gasteiger partial charge in [-0.2, -0.15) is 15.3 Å². The molecule has 0 bridgehead atoms. The molecule has 0 radical (unpaired) electrons. The van der Waals surface area contributed by atoms with E-state index in [2.05, 4.69) is 36.7 Å². The molecule has 7 heteroatoms. The van der Waals surface area contributed by atoms with Crippen LogP contribution in [-0.4, -0.2) is 20.0 Å². The molecule has 2 aromatic heterocycles. The van der Waals surface area contributed by atoms with Crippen molar-refractivity contribution in [2.75, 3.05) is 0 Å². The lowest BCUT2D eigenvalue weighted by molar-refractivity contribution is 0.540. The summed E-state index contributed by atoms with van der Waals surface area (Å²) in [7, 11) is 0. The molecular formula is C10H13BrN6. The average molecular weight is 297 g/mol. The number of nitrogens with zero attached hydrogens (tertiary/aromatic N) is 4. The minimum absolute atomic E-state index is 0.165. The molecule has 6 nitrogen and oxygen atoms in total. The standard InChI is InChI=1S/C10H13BrN6/c1-2-17-10(8(11)6-15-17)9(16-12)7-3-4-13-14-5-7/h3-6,9,16H,2,12H2,1H3. The topological polar surface area (TPSA) is 81.7 Å². The van der Waals surface area contributed by atoms with Crippen LogP contribution >= 0.6 is 15.9 Å². The van der Waals surface area contributed by atoms with Crippen molar-refractivity contribution < 1.29 is 0 Å². The molecule has 0 saturated heterocycles. The van der Waals surface area contributed by atoms with Crippen LogP contribution in [0.2, 0.25) is 0 Å². The van der Waals surface area contributed by atoms with E-state index in [1.807, 2.05) is 17.7 Å². The summed E-state index contributed by atoms with van der Waals surface area (Å²) in [5.41, 5.74) is 4.70. The molecule has 17 heavy (non-hydrogen) atoms. The summed E-state index contributed by atoms with van der Waals surface area (Å²) in [5.74, 6) is 5.63. The van der Waals surface area contributed by atoms with Gasteiger partial charge in [-0.3, -0.25) is 10.5 Å². The van der Waals surface area contributed by atoms with Gasteiger partial charge in [-0.05, 0) is 34.5 Å². The van der Waals surface area contributed by atoms with E-state index in [1.165, 1.54) is 0 Å². The third kappa shape index (κ3) is 2.36. The molecule has 0 aromatic carbocycles. The Balaban J connectivity index is 2.45. The monoisotopic (exact) mass is 296 g/mol. The second-order valence-corrected chi connectivity index (χ2v) is 4.32. The van der Waals surface area contributed by atoms with Crippen LogP contribution in [0, 0.1) is 0 Å². The molecule has 1 atom stereocenters. The van der Waals surface area contributed by atoms with Gasteiger partial charge in [0.2, 0.25) is 0 Å². The Bertz CT molecular complexity index is 483. The summed E-state index contributed by atoms with van der Waals surface area (Å²) in [6, 6.07) is 1.71. The number of nitrogens with two attached hydrogens (primary N) is 1. The van der Waals surface area contributed by atoms with E-state index in [0.29, 0.717) is 0 Å². The lowest BCUT2D eigenvalue weighted by Gasteiger charge is -2.17. The SMILES string of the molecule is CCn1ncc(Br)c1C(NN)c1ccnnc1. The maximum absolute atomic E-state index is 5.63. The predicted octanol–water partition coefficient (Wildman–Crippen LogP) is 1.01. The Morgan fingerprint density at radius 3 is 2.88 bits per heavy atom. The largest absolute Gasteiger partial charge is 0.271 e. The van der Waals surface area contributed by atoms with Crippen molar-refractivity contribution in [3.63, 3.8) is 0 Å². The fourth-order valence-electron chi connectivity index (χ4n) is 1.72. The van der Waals surface area contributed by atoms with Gasteiger partial charge in [-0.15, -0.1) is 0 Å². The van der Waals surface area contributed by atoms with E-state index in [-0.39, 0.29) is 6.04 Å². The third-order valence-corrected chi connectivity index (χ3v) is 3.12. The van der Waals surface area contributed by atoms with Crippen molar-refractivity contribution in [3.8, 4) is 0 Å². The highest BCUT2D eigenvalue weighted by Gasteiger charge is 2.20. The van der Waals surface area contributed by atoms with Crippen LogP contribution in [0.3, 0.4) is 0 Å². The van der Waals surface area contributed by atoms with E-state index in [9.17, 15) is 0 Å². The van der Waals surface area contributed by atoms with Gasteiger partial charge in [0.05, 0.1) is 28.6 Å². The van der Waals surface area contributed by atoms with E-state index >= 15 is 0 Å². The van der Waals surface area contributed by atoms with Gasteiger partial charge in [-0.25, -0.2) is 5.43 Å². The van der Waals surface area contributed by atoms with Crippen LogP contribution in [0.25, 0.3) is 0 Å². The second-order valence-electron chi connectivity index (χ2n) is 3.47. The van der Waals surface area contributed by atoms with Gasteiger partial charge in [0.25, 0.3) is 0 Å². The number of hydrogen-bond acceptors (Lipinski definition) is 5. The first-order valence-electron chi connectivity index (χ1n) is 5.21. The zero-order valence-corrected chi connectivity index (χ0v) is 10.9. The average Bonchev–Trinajstić information content (AvgIpc) is 2.74. The van der Waals surface area contributed by atoms with Crippen molar-refractivity contribution in [2.24, 2.45) is 5.84 Å². The van der Waals surface area contributed by atoms with Gasteiger partial charge in [0.1, 0.15) is 0 Å². The van der Waals surface area contributed by atoms with Crippen molar-refractivity contribution in [1.29, 1.82) is 0 Å². The maximum Gasteiger partial charge on any atom is 0.0905 e. The molecule has 0 aliphatic rings. The number of aromatic nitrogens is 4. The number of rotatable bonds is 4. The number of hydrogen-bond donors (Lipinski definition) is 2. The van der Waals surface area contributed by atoms with Gasteiger partial charge < -0.3 is 0 Å². The minimum Gasteiger partial charge on any atom is -0.271 e. The molecule has 0 saturated carbocycles. The fraction of sp³-hybridized carbons (Fsp3) is 0.300. The molecule has 0 aliphatic carbocycles. The summed E-state index contributed by atoms with van der Waals surface area (Å²) in [6.45, 7) is 2.80. The summed E-state index contributed by atoms with van der Waals surface area (Å²) in [5, 5.41) is 11.9. The lowest BCUT2D eigenvalue weighted by Crippen LogP contribution is -2.31. The van der Waals surface area contributed by atoms with E-state index in [1.54, 1.807) is 18.6 Å². The van der Waals surface area contributed by atoms with Crippen LogP contribution in [0.1, 0.15) is 24.2 Å². The third-order valence-electron chi connectivity index (χ3n) is 2.51. The molecule has 1 unspecified atom stereocenters. The molecule has 2 heterocycles. The van der Waals surface area contributed by atoms with Crippen LogP contribution in [-0.2, 0) is 6.54 Å². The molecular weight excluding hydrogens is 284 g/mol. The molecule has 2 aromatic rings. The highest BCUT2D eigenvalue weighted by Crippen LogP contribution is 2.27. The van der Waals surface area contributed by atoms with E-state index < -0.39 is 0 Å². The number of aryl methyl sites for hydroxylation is 1. The molecule has 0 aliphatic heterocycles. The van der Waals surface area contributed by atoms with Crippen LogP contribution in [0.4, 0.5) is 0 Å². The molecule has 0 spiro atoms. The van der Waals surface area contributed by atoms with Crippen LogP contribution in [0.15, 0.2) is 29.1 Å². The first-order valence-corrected chi connectivity index (χ1v) is 6.01. The Morgan fingerprint density at radius 1 is 1.47 bits per heavy atom. The molecule has 0 amide bonds. The van der Waals surface area contributed by atoms with Gasteiger partial charge in [0.15, 0.2) is 0 Å². The van der Waals surface area contributed by atoms with Crippen molar-refractivity contribution >= 4 is 15.9 Å². The minimum atomic E-state index is -0.165. The normalized spacial score (nSPS) is 12.6. The maximum atomic E-state index is 5.63. The first kappa shape index (κ1) is 12.2. The first-order chi connectivity index (χ1) is 8.27. The fourth-order valence-corrected chi connectivity index (χ4v) is 2.24. The van der Waals surface area contributed by atoms with Crippen LogP contribution in [0.5, 0.6) is 0 Å². The quantitative estimate of drug-likeness (QED) is 0.650. The molecule has 3 N–H and O–H groups in total. The second kappa shape index (κ2) is 5.35. The van der Waals surface area contributed by atoms with Crippen LogP contribution < -0.4 is 11.3 Å². The Hall–Kier alpha value is -1.31. The van der Waals surface area contributed by atoms with Crippen molar-refractivity contribution in [1.82, 2.24) is 25.4 Å². The molecule has 0 fully saturated rings. The predicted molar refractivity (Wildman–Crippen MR) is 66.8 cm³/mol. The Kier molecular flexibility index (Phi) is 3.82. The highest BCUT2D eigenvalue weighted by molar-refractivity contribution is 9.10. The number of nitrogens with one attached hydrogen (secondary N) is 1. The van der Waals surface area contributed by atoms with E-state index in [0.717, 1.165) is 22.3 Å². The lowest BCUT2D eigenvalue weighted by atomic mass is 10.1. The van der Waals surface area contributed by atoms with Crippen molar-refractivity contribution in [2.45, 2.75) is 19.5 Å². The number of hydrazine groups is 1. The van der Waals surface area contributed by atoms with E-state index in [4.69, 9.17) is 5.84 Å². The zero-order chi connectivity index (χ0) is 12.3. The Labute approximate surface area is 107 Å². The summed E-state index contributed by atoms with van der Waals surface area (Å²) >= 11 is 3.48. The highest BCUT2D eigenvalue weighted by atomic mass is 79.9. The molecule has 2 rings (SSSR count). The zero-order valence-electron chi connectivity index (χ0n) is 9.34. The Morgan fingerprint density at radius 2 is 2.29 bits per heavy atom. The van der Waals surface area contributed by atoms with Gasteiger partial charge in [-0.1, -0.05) is 0 Å². The summed E-state index contributed by atoms with van der Waals surface area (Å²) in [6.07, 6.45) is 5.09. The molecule has 90 valence electrons. The summed E-state index contributed by atoms with van der Waals surface area (Å²) < 4.78 is 2.80. The summed E-state index contributed by atoms with van der Waals surface area (Å²) in [4.78, 5) is 0. The number of halogens is 1. The van der Waals surface area contributed by atoms with Crippen molar-refractivity contribution in [3.05, 3.63) is 40.4 Å². The smallest absolute Gasteiger partial charge is 0.0905 e. The van der Waals surface area contributed by atoms with Gasteiger partial charge >= 0.3 is 0 Å². The van der Waals surface area contributed by atoms with Gasteiger partial charge in [0, 0.05) is 12.7 Å².